The van der Waals surface area contributed by atoms with Crippen molar-refractivity contribution in [1.82, 2.24) is 4.90 Å². The summed E-state index contributed by atoms with van der Waals surface area (Å²) in [7, 11) is 0. The third kappa shape index (κ3) is 4.74. The Kier molecular flexibility index (Phi) is 6.07. The Labute approximate surface area is 144 Å². The first-order valence-corrected chi connectivity index (χ1v) is 7.83. The van der Waals surface area contributed by atoms with Gasteiger partial charge in [-0.05, 0) is 30.7 Å². The molecule has 1 heterocycles. The fourth-order valence-electron chi connectivity index (χ4n) is 2.05. The molecular formula is C16H16Cl2N2O3. The van der Waals surface area contributed by atoms with Crippen molar-refractivity contribution in [3.8, 4) is 0 Å². The van der Waals surface area contributed by atoms with E-state index in [-0.39, 0.29) is 18.4 Å². The topological polar surface area (TPSA) is 62.6 Å². The standard InChI is InChI=1S/C16H16Cl2N2O3/c1-2-6-20(16(22)11-5-7-23-10-11)9-15(21)19-14-8-12(17)3-4-13(14)18/h3-5,7-8,10H,2,6,9H2,1H3,(H,19,21). The highest BCUT2D eigenvalue weighted by molar-refractivity contribution is 6.35. The summed E-state index contributed by atoms with van der Waals surface area (Å²) in [6.07, 6.45) is 3.51. The van der Waals surface area contributed by atoms with Gasteiger partial charge < -0.3 is 14.6 Å². The number of nitrogens with zero attached hydrogens (tertiary/aromatic N) is 1. The molecule has 0 bridgehead atoms. The van der Waals surface area contributed by atoms with E-state index in [2.05, 4.69) is 5.32 Å². The molecule has 2 aromatic rings. The summed E-state index contributed by atoms with van der Waals surface area (Å²) in [5.41, 5.74) is 0.823. The third-order valence-corrected chi connectivity index (χ3v) is 3.65. The number of halogens is 2. The van der Waals surface area contributed by atoms with Gasteiger partial charge in [0.25, 0.3) is 5.91 Å². The Morgan fingerprint density at radius 3 is 2.70 bits per heavy atom. The first-order chi connectivity index (χ1) is 11.0. The van der Waals surface area contributed by atoms with Crippen molar-refractivity contribution in [3.63, 3.8) is 0 Å². The molecule has 5 nitrogen and oxygen atoms in total. The Morgan fingerprint density at radius 1 is 1.26 bits per heavy atom. The van der Waals surface area contributed by atoms with Gasteiger partial charge in [-0.1, -0.05) is 30.1 Å². The van der Waals surface area contributed by atoms with E-state index in [1.807, 2.05) is 6.92 Å². The van der Waals surface area contributed by atoms with E-state index >= 15 is 0 Å². The highest BCUT2D eigenvalue weighted by Crippen LogP contribution is 2.25. The van der Waals surface area contributed by atoms with E-state index < -0.39 is 0 Å². The molecule has 1 N–H and O–H groups in total. The smallest absolute Gasteiger partial charge is 0.257 e. The predicted molar refractivity (Wildman–Crippen MR) is 90.0 cm³/mol. The molecule has 0 spiro atoms. The first-order valence-electron chi connectivity index (χ1n) is 7.07. The number of hydrogen-bond donors (Lipinski definition) is 1. The van der Waals surface area contributed by atoms with Crippen LogP contribution >= 0.6 is 23.2 Å². The molecule has 0 saturated heterocycles. The second-order valence-corrected chi connectivity index (χ2v) is 5.75. The molecule has 7 heteroatoms. The van der Waals surface area contributed by atoms with Gasteiger partial charge in [-0.2, -0.15) is 0 Å². The maximum absolute atomic E-state index is 12.3. The summed E-state index contributed by atoms with van der Waals surface area (Å²) < 4.78 is 4.91. The third-order valence-electron chi connectivity index (χ3n) is 3.09. The average molecular weight is 355 g/mol. The molecule has 1 aromatic carbocycles. The molecule has 0 atom stereocenters. The number of rotatable bonds is 6. The Hall–Kier alpha value is -1.98. The first kappa shape index (κ1) is 17.4. The molecule has 0 aliphatic rings. The van der Waals surface area contributed by atoms with Gasteiger partial charge >= 0.3 is 0 Å². The quantitative estimate of drug-likeness (QED) is 0.849. The van der Waals surface area contributed by atoms with Crippen LogP contribution in [0.25, 0.3) is 0 Å². The van der Waals surface area contributed by atoms with Crippen LogP contribution in [0, 0.1) is 0 Å². The van der Waals surface area contributed by atoms with Crippen molar-refractivity contribution in [3.05, 3.63) is 52.4 Å². The Balaban J connectivity index is 2.06. The van der Waals surface area contributed by atoms with Crippen LogP contribution in [0.1, 0.15) is 23.7 Å². The van der Waals surface area contributed by atoms with E-state index in [1.54, 1.807) is 24.3 Å². The lowest BCUT2D eigenvalue weighted by Gasteiger charge is -2.21. The molecule has 0 fully saturated rings. The van der Waals surface area contributed by atoms with E-state index in [4.69, 9.17) is 27.6 Å². The van der Waals surface area contributed by atoms with Crippen LogP contribution in [0.5, 0.6) is 0 Å². The number of nitrogens with one attached hydrogen (secondary N) is 1. The number of carbonyl (C=O) groups is 2. The monoisotopic (exact) mass is 354 g/mol. The number of hydrogen-bond acceptors (Lipinski definition) is 3. The van der Waals surface area contributed by atoms with Gasteiger partial charge in [0.1, 0.15) is 12.8 Å². The van der Waals surface area contributed by atoms with Crippen LogP contribution in [0.2, 0.25) is 10.0 Å². The summed E-state index contributed by atoms with van der Waals surface area (Å²) in [5.74, 6) is -0.604. The van der Waals surface area contributed by atoms with Crippen molar-refractivity contribution < 1.29 is 14.0 Å². The normalized spacial score (nSPS) is 10.4. The molecule has 23 heavy (non-hydrogen) atoms. The van der Waals surface area contributed by atoms with Crippen LogP contribution in [-0.2, 0) is 4.79 Å². The summed E-state index contributed by atoms with van der Waals surface area (Å²) in [4.78, 5) is 26.0. The zero-order valence-electron chi connectivity index (χ0n) is 12.5. The van der Waals surface area contributed by atoms with E-state index in [9.17, 15) is 9.59 Å². The molecule has 2 rings (SSSR count). The molecule has 0 unspecified atom stereocenters. The van der Waals surface area contributed by atoms with Crippen molar-refractivity contribution >= 4 is 40.7 Å². The van der Waals surface area contributed by atoms with Crippen LogP contribution in [0.3, 0.4) is 0 Å². The molecule has 2 amide bonds. The minimum Gasteiger partial charge on any atom is -0.472 e. The van der Waals surface area contributed by atoms with Crippen LogP contribution < -0.4 is 5.32 Å². The second-order valence-electron chi connectivity index (χ2n) is 4.91. The molecule has 1 aromatic heterocycles. The lowest BCUT2D eigenvalue weighted by atomic mass is 10.2. The SMILES string of the molecule is CCCN(CC(=O)Nc1cc(Cl)ccc1Cl)C(=O)c1ccoc1. The number of furan rings is 1. The molecule has 0 saturated carbocycles. The van der Waals surface area contributed by atoms with Gasteiger partial charge in [-0.3, -0.25) is 9.59 Å². The van der Waals surface area contributed by atoms with E-state index in [1.165, 1.54) is 17.4 Å². The van der Waals surface area contributed by atoms with Crippen molar-refractivity contribution in [1.29, 1.82) is 0 Å². The summed E-state index contributed by atoms with van der Waals surface area (Å²) in [6, 6.07) is 6.35. The van der Waals surface area contributed by atoms with Crippen molar-refractivity contribution in [2.24, 2.45) is 0 Å². The van der Waals surface area contributed by atoms with Gasteiger partial charge in [0.05, 0.1) is 22.5 Å². The minimum absolute atomic E-state index is 0.0826. The fourth-order valence-corrected chi connectivity index (χ4v) is 2.38. The lowest BCUT2D eigenvalue weighted by molar-refractivity contribution is -0.116. The van der Waals surface area contributed by atoms with Crippen molar-refractivity contribution in [2.75, 3.05) is 18.4 Å². The minimum atomic E-state index is -0.348. The Bertz CT molecular complexity index is 687. The maximum atomic E-state index is 12.3. The van der Waals surface area contributed by atoms with E-state index in [0.717, 1.165) is 6.42 Å². The lowest BCUT2D eigenvalue weighted by Crippen LogP contribution is -2.38. The highest BCUT2D eigenvalue weighted by Gasteiger charge is 2.19. The van der Waals surface area contributed by atoms with E-state index in [0.29, 0.717) is 27.8 Å². The van der Waals surface area contributed by atoms with Gasteiger partial charge in [-0.25, -0.2) is 0 Å². The zero-order chi connectivity index (χ0) is 16.8. The number of carbonyl (C=O) groups excluding carboxylic acids is 2. The molecule has 0 aliphatic carbocycles. The fraction of sp³-hybridized carbons (Fsp3) is 0.250. The zero-order valence-corrected chi connectivity index (χ0v) is 14.0. The van der Waals surface area contributed by atoms with Gasteiger partial charge in [0, 0.05) is 11.6 Å². The average Bonchev–Trinajstić information content (AvgIpc) is 3.04. The van der Waals surface area contributed by atoms with Crippen LogP contribution in [0.4, 0.5) is 5.69 Å². The predicted octanol–water partition coefficient (Wildman–Crippen LogP) is 4.08. The van der Waals surface area contributed by atoms with Crippen LogP contribution in [0.15, 0.2) is 41.2 Å². The summed E-state index contributed by atoms with van der Waals surface area (Å²) in [5, 5.41) is 3.51. The number of amides is 2. The summed E-state index contributed by atoms with van der Waals surface area (Å²) in [6.45, 7) is 2.31. The molecular weight excluding hydrogens is 339 g/mol. The summed E-state index contributed by atoms with van der Waals surface area (Å²) >= 11 is 11.9. The molecule has 0 aliphatic heterocycles. The van der Waals surface area contributed by atoms with Gasteiger partial charge in [0.2, 0.25) is 5.91 Å². The second kappa shape index (κ2) is 8.04. The maximum Gasteiger partial charge on any atom is 0.257 e. The molecule has 122 valence electrons. The Morgan fingerprint density at radius 2 is 2.04 bits per heavy atom. The molecule has 0 radical (unpaired) electrons. The van der Waals surface area contributed by atoms with Crippen LogP contribution in [-0.4, -0.2) is 29.8 Å². The van der Waals surface area contributed by atoms with Gasteiger partial charge in [-0.15, -0.1) is 0 Å². The number of benzene rings is 1. The highest BCUT2D eigenvalue weighted by atomic mass is 35.5. The number of anilines is 1. The largest absolute Gasteiger partial charge is 0.472 e. The van der Waals surface area contributed by atoms with Crippen molar-refractivity contribution in [2.45, 2.75) is 13.3 Å². The van der Waals surface area contributed by atoms with Gasteiger partial charge in [0.15, 0.2) is 0 Å².